The van der Waals surface area contributed by atoms with Gasteiger partial charge in [0, 0.05) is 12.2 Å². The summed E-state index contributed by atoms with van der Waals surface area (Å²) in [6.07, 6.45) is 15.0. The van der Waals surface area contributed by atoms with Gasteiger partial charge < -0.3 is 4.90 Å². The fourth-order valence-corrected chi connectivity index (χ4v) is 4.19. The fourth-order valence-electron chi connectivity index (χ4n) is 3.62. The molecule has 5 heteroatoms. The fraction of sp³-hybridized carbons (Fsp3) is 0.619. The molecular formula is C21H34N2O2S. The smallest absolute Gasteiger partial charge is 0.229 e. The van der Waals surface area contributed by atoms with Crippen LogP contribution in [0.25, 0.3) is 6.08 Å². The number of anilines is 1. The number of hydrogen-bond donors (Lipinski definition) is 1. The molecule has 0 aliphatic heterocycles. The van der Waals surface area contributed by atoms with E-state index in [-0.39, 0.29) is 0 Å². The Balaban J connectivity index is 1.71. The second-order valence-corrected chi connectivity index (χ2v) is 9.16. The van der Waals surface area contributed by atoms with E-state index in [0.29, 0.717) is 5.69 Å². The monoisotopic (exact) mass is 378 g/mol. The van der Waals surface area contributed by atoms with Crippen molar-refractivity contribution in [1.29, 1.82) is 0 Å². The van der Waals surface area contributed by atoms with Crippen LogP contribution in [0.4, 0.5) is 5.69 Å². The number of rotatable bonds is 10. The van der Waals surface area contributed by atoms with Crippen LogP contribution < -0.4 is 4.72 Å². The second kappa shape index (κ2) is 10.7. The van der Waals surface area contributed by atoms with Gasteiger partial charge in [0.15, 0.2) is 0 Å². The average molecular weight is 379 g/mol. The highest BCUT2D eigenvalue weighted by Crippen LogP contribution is 2.26. The first-order valence-corrected chi connectivity index (χ1v) is 11.8. The van der Waals surface area contributed by atoms with Gasteiger partial charge >= 0.3 is 0 Å². The molecule has 0 saturated heterocycles. The molecule has 2 rings (SSSR count). The molecule has 1 aromatic rings. The summed E-state index contributed by atoms with van der Waals surface area (Å²) in [5, 5.41) is 0. The third kappa shape index (κ3) is 8.37. The van der Waals surface area contributed by atoms with Crippen LogP contribution in [0.1, 0.15) is 57.4 Å². The van der Waals surface area contributed by atoms with E-state index >= 15 is 0 Å². The summed E-state index contributed by atoms with van der Waals surface area (Å²) in [4.78, 5) is 2.55. The van der Waals surface area contributed by atoms with Gasteiger partial charge in [-0.15, -0.1) is 0 Å². The van der Waals surface area contributed by atoms with Gasteiger partial charge in [-0.1, -0.05) is 63.3 Å². The Morgan fingerprint density at radius 3 is 2.42 bits per heavy atom. The zero-order chi connectivity index (χ0) is 18.8. The Hall–Kier alpha value is -1.33. The molecule has 1 aromatic carbocycles. The summed E-state index contributed by atoms with van der Waals surface area (Å²) in [5.41, 5.74) is 1.69. The van der Waals surface area contributed by atoms with Gasteiger partial charge in [-0.25, -0.2) is 8.42 Å². The van der Waals surface area contributed by atoms with Crippen molar-refractivity contribution in [2.45, 2.75) is 51.9 Å². The number of benzene rings is 1. The summed E-state index contributed by atoms with van der Waals surface area (Å²) in [6.45, 7) is 5.69. The maximum absolute atomic E-state index is 11.2. The SMILES string of the molecule is CCN(CC/C=C/c1ccc(NS(C)(=O)=O)cc1)CCC1CCCCC1. The minimum absolute atomic E-state index is 0.601. The Morgan fingerprint density at radius 1 is 1.12 bits per heavy atom. The lowest BCUT2D eigenvalue weighted by atomic mass is 9.87. The van der Waals surface area contributed by atoms with E-state index in [1.54, 1.807) is 12.1 Å². The number of nitrogens with zero attached hydrogens (tertiary/aromatic N) is 1. The van der Waals surface area contributed by atoms with Gasteiger partial charge in [0.05, 0.1) is 6.26 Å². The van der Waals surface area contributed by atoms with E-state index < -0.39 is 10.0 Å². The first kappa shape index (κ1) is 21.0. The molecule has 146 valence electrons. The van der Waals surface area contributed by atoms with E-state index in [1.807, 2.05) is 12.1 Å². The molecular weight excluding hydrogens is 344 g/mol. The quantitative estimate of drug-likeness (QED) is 0.639. The molecule has 0 amide bonds. The van der Waals surface area contributed by atoms with E-state index in [9.17, 15) is 8.42 Å². The molecule has 0 spiro atoms. The minimum atomic E-state index is -3.21. The molecule has 1 N–H and O–H groups in total. The summed E-state index contributed by atoms with van der Waals surface area (Å²) < 4.78 is 24.9. The Kier molecular flexibility index (Phi) is 8.66. The maximum Gasteiger partial charge on any atom is 0.229 e. The van der Waals surface area contributed by atoms with Crippen molar-refractivity contribution >= 4 is 21.8 Å². The molecule has 0 atom stereocenters. The Bertz CT molecular complexity index is 647. The maximum atomic E-state index is 11.2. The Labute approximate surface area is 159 Å². The lowest BCUT2D eigenvalue weighted by Crippen LogP contribution is -2.27. The standard InChI is InChI=1S/C21H34N2O2S/c1-3-23(18-16-19-9-5-4-6-10-19)17-8-7-11-20-12-14-21(15-13-20)22-26(2,24)25/h7,11-15,19,22H,3-6,8-10,16-18H2,1-2H3/b11-7+. The van der Waals surface area contributed by atoms with Crippen molar-refractivity contribution in [3.05, 3.63) is 35.9 Å². The van der Waals surface area contributed by atoms with Crippen molar-refractivity contribution in [3.8, 4) is 0 Å². The zero-order valence-corrected chi connectivity index (χ0v) is 17.1. The summed E-state index contributed by atoms with van der Waals surface area (Å²) in [6, 6.07) is 7.46. The third-order valence-corrected chi connectivity index (χ3v) is 5.77. The summed E-state index contributed by atoms with van der Waals surface area (Å²) in [7, 11) is -3.21. The van der Waals surface area contributed by atoms with E-state index in [4.69, 9.17) is 0 Å². The first-order valence-electron chi connectivity index (χ1n) is 9.93. The highest BCUT2D eigenvalue weighted by atomic mass is 32.2. The van der Waals surface area contributed by atoms with Gasteiger partial charge in [0.1, 0.15) is 0 Å². The third-order valence-electron chi connectivity index (χ3n) is 5.16. The van der Waals surface area contributed by atoms with E-state index in [2.05, 4.69) is 28.7 Å². The molecule has 1 saturated carbocycles. The summed E-state index contributed by atoms with van der Waals surface area (Å²) in [5.74, 6) is 0.951. The molecule has 0 aromatic heterocycles. The Morgan fingerprint density at radius 2 is 1.81 bits per heavy atom. The largest absolute Gasteiger partial charge is 0.303 e. The molecule has 0 unspecified atom stereocenters. The highest BCUT2D eigenvalue weighted by Gasteiger charge is 2.14. The first-order chi connectivity index (χ1) is 12.5. The predicted molar refractivity (Wildman–Crippen MR) is 112 cm³/mol. The predicted octanol–water partition coefficient (Wildman–Crippen LogP) is 4.75. The van der Waals surface area contributed by atoms with E-state index in [0.717, 1.165) is 37.2 Å². The van der Waals surface area contributed by atoms with Crippen LogP contribution >= 0.6 is 0 Å². The number of nitrogens with one attached hydrogen (secondary N) is 1. The highest BCUT2D eigenvalue weighted by molar-refractivity contribution is 7.92. The van der Waals surface area contributed by atoms with Crippen LogP contribution in [-0.4, -0.2) is 39.2 Å². The van der Waals surface area contributed by atoms with E-state index in [1.165, 1.54) is 45.1 Å². The van der Waals surface area contributed by atoms with Crippen LogP contribution in [0.2, 0.25) is 0 Å². The van der Waals surface area contributed by atoms with Crippen molar-refractivity contribution in [2.24, 2.45) is 5.92 Å². The van der Waals surface area contributed by atoms with Crippen LogP contribution in [0, 0.1) is 5.92 Å². The van der Waals surface area contributed by atoms with Crippen LogP contribution in [0.5, 0.6) is 0 Å². The van der Waals surface area contributed by atoms with Gasteiger partial charge in [-0.3, -0.25) is 4.72 Å². The number of hydrogen-bond acceptors (Lipinski definition) is 3. The topological polar surface area (TPSA) is 49.4 Å². The molecule has 4 nitrogen and oxygen atoms in total. The molecule has 0 radical (unpaired) electrons. The van der Waals surface area contributed by atoms with Crippen LogP contribution in [-0.2, 0) is 10.0 Å². The molecule has 1 fully saturated rings. The molecule has 26 heavy (non-hydrogen) atoms. The minimum Gasteiger partial charge on any atom is -0.303 e. The molecule has 0 heterocycles. The van der Waals surface area contributed by atoms with Gasteiger partial charge in [0.2, 0.25) is 10.0 Å². The van der Waals surface area contributed by atoms with Crippen molar-refractivity contribution < 1.29 is 8.42 Å². The molecule has 1 aliphatic carbocycles. The zero-order valence-electron chi connectivity index (χ0n) is 16.3. The van der Waals surface area contributed by atoms with Gasteiger partial charge in [-0.2, -0.15) is 0 Å². The lowest BCUT2D eigenvalue weighted by molar-refractivity contribution is 0.243. The lowest BCUT2D eigenvalue weighted by Gasteiger charge is -2.26. The van der Waals surface area contributed by atoms with Crippen LogP contribution in [0.3, 0.4) is 0 Å². The van der Waals surface area contributed by atoms with Gasteiger partial charge in [-0.05, 0) is 49.5 Å². The summed E-state index contributed by atoms with van der Waals surface area (Å²) >= 11 is 0. The number of sulfonamides is 1. The average Bonchev–Trinajstić information content (AvgIpc) is 2.62. The molecule has 0 bridgehead atoms. The second-order valence-electron chi connectivity index (χ2n) is 7.41. The van der Waals surface area contributed by atoms with Crippen molar-refractivity contribution in [2.75, 3.05) is 30.6 Å². The van der Waals surface area contributed by atoms with Gasteiger partial charge in [0.25, 0.3) is 0 Å². The van der Waals surface area contributed by atoms with Crippen molar-refractivity contribution in [3.63, 3.8) is 0 Å². The normalized spacial score (nSPS) is 16.4. The van der Waals surface area contributed by atoms with Crippen LogP contribution in [0.15, 0.2) is 30.3 Å². The van der Waals surface area contributed by atoms with Crippen molar-refractivity contribution in [1.82, 2.24) is 4.90 Å². The molecule has 1 aliphatic rings.